The number of rotatable bonds is 4. The Kier molecular flexibility index (Phi) is 5.88. The molecule has 4 nitrogen and oxygen atoms in total. The molecule has 0 saturated heterocycles. The van der Waals surface area contributed by atoms with Crippen LogP contribution in [0.5, 0.6) is 0 Å². The fourth-order valence-corrected chi connectivity index (χ4v) is 1.06. The van der Waals surface area contributed by atoms with Gasteiger partial charge in [-0.15, -0.1) is 12.4 Å². The van der Waals surface area contributed by atoms with Gasteiger partial charge in [0.25, 0.3) is 0 Å². The summed E-state index contributed by atoms with van der Waals surface area (Å²) < 4.78 is 4.75. The molecule has 0 aliphatic rings. The lowest BCUT2D eigenvalue weighted by atomic mass is 10.1. The molecule has 0 heterocycles. The van der Waals surface area contributed by atoms with Crippen molar-refractivity contribution in [2.45, 2.75) is 0 Å². The number of carbonyl (C=O) groups excluding carboxylic acids is 1. The first-order chi connectivity index (χ1) is 7.16. The molecule has 0 atom stereocenters. The van der Waals surface area contributed by atoms with Crippen LogP contribution < -0.4 is 0 Å². The number of aromatic carboxylic acids is 1. The Labute approximate surface area is 99.0 Å². The lowest BCUT2D eigenvalue weighted by molar-refractivity contribution is 0.0536. The van der Waals surface area contributed by atoms with Crippen LogP contribution in [0.15, 0.2) is 36.9 Å². The quantitative estimate of drug-likeness (QED) is 0.649. The van der Waals surface area contributed by atoms with Gasteiger partial charge in [-0.25, -0.2) is 9.59 Å². The summed E-state index contributed by atoms with van der Waals surface area (Å²) in [5.41, 5.74) is -0.0154. The minimum absolute atomic E-state index is 0. The topological polar surface area (TPSA) is 63.6 Å². The molecule has 0 radical (unpaired) electrons. The molecule has 0 spiro atoms. The number of carboxylic acid groups (broad SMARTS) is 1. The minimum atomic E-state index is -1.15. The number of carbonyl (C=O) groups is 2. The summed E-state index contributed by atoms with van der Waals surface area (Å²) in [4.78, 5) is 22.2. The molecule has 0 saturated carbocycles. The molecule has 0 aromatic heterocycles. The maximum atomic E-state index is 11.4. The molecular formula is C11H11ClO4. The third-order valence-corrected chi connectivity index (χ3v) is 1.71. The Morgan fingerprint density at radius 2 is 1.88 bits per heavy atom. The third-order valence-electron chi connectivity index (χ3n) is 1.71. The Bertz CT molecular complexity index is 401. The summed E-state index contributed by atoms with van der Waals surface area (Å²) in [6.07, 6.45) is 1.42. The summed E-state index contributed by atoms with van der Waals surface area (Å²) in [6, 6.07) is 5.90. The van der Waals surface area contributed by atoms with E-state index < -0.39 is 11.9 Å². The summed E-state index contributed by atoms with van der Waals surface area (Å²) in [5, 5.41) is 8.81. The van der Waals surface area contributed by atoms with Crippen LogP contribution in [-0.2, 0) is 4.74 Å². The molecule has 1 aromatic carbocycles. The van der Waals surface area contributed by atoms with Crippen molar-refractivity contribution in [3.05, 3.63) is 48.0 Å². The Hall–Kier alpha value is -1.81. The molecule has 0 aliphatic carbocycles. The normalized spacial score (nSPS) is 8.75. The maximum absolute atomic E-state index is 11.4. The van der Waals surface area contributed by atoms with Crippen molar-refractivity contribution in [3.8, 4) is 0 Å². The van der Waals surface area contributed by atoms with Crippen molar-refractivity contribution in [2.24, 2.45) is 0 Å². The van der Waals surface area contributed by atoms with E-state index in [4.69, 9.17) is 9.84 Å². The van der Waals surface area contributed by atoms with Crippen LogP contribution in [0.4, 0.5) is 0 Å². The van der Waals surface area contributed by atoms with Crippen LogP contribution in [0.3, 0.4) is 0 Å². The van der Waals surface area contributed by atoms with Crippen LogP contribution in [0, 0.1) is 0 Å². The average molecular weight is 243 g/mol. The second kappa shape index (κ2) is 6.63. The number of ether oxygens (including phenoxy) is 1. The lowest BCUT2D eigenvalue weighted by Gasteiger charge is -2.04. The number of halogens is 1. The van der Waals surface area contributed by atoms with Gasteiger partial charge < -0.3 is 9.84 Å². The maximum Gasteiger partial charge on any atom is 0.339 e. The monoisotopic (exact) mass is 242 g/mol. The van der Waals surface area contributed by atoms with E-state index in [9.17, 15) is 9.59 Å². The van der Waals surface area contributed by atoms with Crippen LogP contribution in [0.1, 0.15) is 20.7 Å². The van der Waals surface area contributed by atoms with Crippen LogP contribution >= 0.6 is 12.4 Å². The van der Waals surface area contributed by atoms with Crippen molar-refractivity contribution < 1.29 is 19.4 Å². The largest absolute Gasteiger partial charge is 0.478 e. The first kappa shape index (κ1) is 14.2. The summed E-state index contributed by atoms with van der Waals surface area (Å²) >= 11 is 0. The number of carboxylic acids is 1. The zero-order valence-electron chi connectivity index (χ0n) is 8.38. The van der Waals surface area contributed by atoms with Crippen LogP contribution in [0.25, 0.3) is 0 Å². The fraction of sp³-hybridized carbons (Fsp3) is 0.0909. The molecule has 0 amide bonds. The summed E-state index contributed by atoms with van der Waals surface area (Å²) in [5.74, 6) is -1.81. The number of esters is 1. The highest BCUT2D eigenvalue weighted by Crippen LogP contribution is 2.10. The number of benzene rings is 1. The predicted molar refractivity (Wildman–Crippen MR) is 61.1 cm³/mol. The standard InChI is InChI=1S/C11H10O4.ClH/c1-2-7-15-11(14)9-6-4-3-5-8(9)10(12)13;/h2-6H,1,7H2,(H,12,13);1H. The highest BCUT2D eigenvalue weighted by atomic mass is 35.5. The van der Waals surface area contributed by atoms with Crippen molar-refractivity contribution in [2.75, 3.05) is 6.61 Å². The van der Waals surface area contributed by atoms with E-state index in [0.717, 1.165) is 0 Å². The first-order valence-electron chi connectivity index (χ1n) is 4.27. The van der Waals surface area contributed by atoms with Gasteiger partial charge in [0.2, 0.25) is 0 Å². The van der Waals surface area contributed by atoms with E-state index in [0.29, 0.717) is 0 Å². The number of hydrogen-bond acceptors (Lipinski definition) is 3. The molecule has 0 fully saturated rings. The molecule has 5 heteroatoms. The first-order valence-corrected chi connectivity index (χ1v) is 4.27. The van der Waals surface area contributed by atoms with Gasteiger partial charge in [-0.1, -0.05) is 24.8 Å². The van der Waals surface area contributed by atoms with Gasteiger partial charge in [-0.2, -0.15) is 0 Å². The van der Waals surface area contributed by atoms with Crippen molar-refractivity contribution in [1.29, 1.82) is 0 Å². The Morgan fingerprint density at radius 1 is 1.31 bits per heavy atom. The molecule has 86 valence electrons. The highest BCUT2D eigenvalue weighted by molar-refractivity contribution is 6.02. The van der Waals surface area contributed by atoms with Gasteiger partial charge in [-0.05, 0) is 12.1 Å². The summed E-state index contributed by atoms with van der Waals surface area (Å²) in [7, 11) is 0. The molecule has 16 heavy (non-hydrogen) atoms. The molecular weight excluding hydrogens is 232 g/mol. The second-order valence-corrected chi connectivity index (χ2v) is 2.74. The second-order valence-electron chi connectivity index (χ2n) is 2.74. The van der Waals surface area contributed by atoms with Crippen LogP contribution in [0.2, 0.25) is 0 Å². The van der Waals surface area contributed by atoms with Gasteiger partial charge in [0.15, 0.2) is 0 Å². The molecule has 1 aromatic rings. The van der Waals surface area contributed by atoms with Gasteiger partial charge in [0.1, 0.15) is 6.61 Å². The minimum Gasteiger partial charge on any atom is -0.478 e. The van der Waals surface area contributed by atoms with Crippen molar-refractivity contribution in [1.82, 2.24) is 0 Å². The van der Waals surface area contributed by atoms with Crippen molar-refractivity contribution in [3.63, 3.8) is 0 Å². The molecule has 1 N–H and O–H groups in total. The van der Waals surface area contributed by atoms with Gasteiger partial charge in [-0.3, -0.25) is 0 Å². The van der Waals surface area contributed by atoms with Gasteiger partial charge in [0.05, 0.1) is 11.1 Å². The molecule has 0 bridgehead atoms. The van der Waals surface area contributed by atoms with Gasteiger partial charge in [0, 0.05) is 0 Å². The molecule has 0 aliphatic heterocycles. The van der Waals surface area contributed by atoms with E-state index in [1.165, 1.54) is 18.2 Å². The van der Waals surface area contributed by atoms with E-state index in [1.807, 2.05) is 0 Å². The van der Waals surface area contributed by atoms with Crippen LogP contribution in [-0.4, -0.2) is 23.7 Å². The average Bonchev–Trinajstić information content (AvgIpc) is 2.25. The zero-order chi connectivity index (χ0) is 11.3. The third kappa shape index (κ3) is 3.40. The Balaban J connectivity index is 0.00000225. The van der Waals surface area contributed by atoms with E-state index in [1.54, 1.807) is 12.1 Å². The van der Waals surface area contributed by atoms with E-state index in [2.05, 4.69) is 6.58 Å². The lowest BCUT2D eigenvalue weighted by Crippen LogP contribution is -2.11. The zero-order valence-corrected chi connectivity index (χ0v) is 9.20. The highest BCUT2D eigenvalue weighted by Gasteiger charge is 2.16. The van der Waals surface area contributed by atoms with Gasteiger partial charge >= 0.3 is 11.9 Å². The SMILES string of the molecule is C=CCOC(=O)c1ccccc1C(=O)O.Cl. The van der Waals surface area contributed by atoms with E-state index in [-0.39, 0.29) is 30.1 Å². The fourth-order valence-electron chi connectivity index (χ4n) is 1.06. The summed E-state index contributed by atoms with van der Waals surface area (Å²) in [6.45, 7) is 3.45. The van der Waals surface area contributed by atoms with Crippen molar-refractivity contribution >= 4 is 24.3 Å². The smallest absolute Gasteiger partial charge is 0.339 e. The Morgan fingerprint density at radius 3 is 2.38 bits per heavy atom. The molecule has 1 rings (SSSR count). The molecule has 0 unspecified atom stereocenters. The number of hydrogen-bond donors (Lipinski definition) is 1. The predicted octanol–water partition coefficient (Wildman–Crippen LogP) is 2.15. The van der Waals surface area contributed by atoms with E-state index >= 15 is 0 Å².